The van der Waals surface area contributed by atoms with Gasteiger partial charge in [-0.1, -0.05) is 12.1 Å². The Morgan fingerprint density at radius 2 is 2.08 bits per heavy atom. The smallest absolute Gasteiger partial charge is 0.258 e. The van der Waals surface area contributed by atoms with Gasteiger partial charge in [0, 0.05) is 26.0 Å². The first-order chi connectivity index (χ1) is 12.1. The number of nitrogens with one attached hydrogen (secondary N) is 1. The van der Waals surface area contributed by atoms with Crippen molar-refractivity contribution in [2.45, 2.75) is 18.4 Å². The quantitative estimate of drug-likeness (QED) is 0.908. The van der Waals surface area contributed by atoms with Gasteiger partial charge in [-0.05, 0) is 25.0 Å². The number of likely N-dealkylation sites (N-methyl/N-ethyl adjacent to an activating group) is 1. The zero-order chi connectivity index (χ0) is 17.9. The van der Waals surface area contributed by atoms with Crippen LogP contribution in [0.2, 0.25) is 0 Å². The molecule has 2 amide bonds. The highest BCUT2D eigenvalue weighted by atomic mass is 16.5. The van der Waals surface area contributed by atoms with Gasteiger partial charge < -0.3 is 15.0 Å². The molecular formula is C18H20N4O3. The molecule has 1 aliphatic heterocycles. The fourth-order valence-electron chi connectivity index (χ4n) is 3.40. The molecule has 2 aromatic rings. The van der Waals surface area contributed by atoms with E-state index in [0.717, 1.165) is 0 Å². The fourth-order valence-corrected chi connectivity index (χ4v) is 3.40. The molecule has 1 aromatic heterocycles. The number of nitrogens with zero attached hydrogens (tertiary/aromatic N) is 3. The molecule has 3 rings (SSSR count). The summed E-state index contributed by atoms with van der Waals surface area (Å²) >= 11 is 0. The molecule has 25 heavy (non-hydrogen) atoms. The van der Waals surface area contributed by atoms with Gasteiger partial charge in [-0.15, -0.1) is 0 Å². The molecule has 0 bridgehead atoms. The van der Waals surface area contributed by atoms with Crippen LogP contribution < -0.4 is 10.1 Å². The summed E-state index contributed by atoms with van der Waals surface area (Å²) in [6, 6.07) is 7.00. The van der Waals surface area contributed by atoms with Crippen LogP contribution in [0.1, 0.15) is 28.9 Å². The number of hydrogen-bond acceptors (Lipinski definition) is 5. The van der Waals surface area contributed by atoms with Gasteiger partial charge in [-0.25, -0.2) is 0 Å². The van der Waals surface area contributed by atoms with E-state index in [1.165, 1.54) is 13.3 Å². The maximum atomic E-state index is 13.3. The molecule has 2 heterocycles. The first-order valence-corrected chi connectivity index (χ1v) is 8.09. The summed E-state index contributed by atoms with van der Waals surface area (Å²) in [5.74, 6) is -0.0534. The summed E-state index contributed by atoms with van der Waals surface area (Å²) < 4.78 is 5.31. The van der Waals surface area contributed by atoms with Crippen molar-refractivity contribution in [2.24, 2.45) is 0 Å². The van der Waals surface area contributed by atoms with Crippen molar-refractivity contribution < 1.29 is 14.3 Å². The van der Waals surface area contributed by atoms with Gasteiger partial charge in [0.05, 0.1) is 24.6 Å². The van der Waals surface area contributed by atoms with E-state index < -0.39 is 5.54 Å². The molecule has 7 nitrogen and oxygen atoms in total. The van der Waals surface area contributed by atoms with Crippen LogP contribution in [0.4, 0.5) is 0 Å². The number of amides is 2. The highest BCUT2D eigenvalue weighted by Crippen LogP contribution is 2.39. The van der Waals surface area contributed by atoms with Gasteiger partial charge >= 0.3 is 0 Å². The van der Waals surface area contributed by atoms with Crippen molar-refractivity contribution in [3.63, 3.8) is 0 Å². The Morgan fingerprint density at radius 3 is 2.76 bits per heavy atom. The average molecular weight is 340 g/mol. The number of benzene rings is 1. The first kappa shape index (κ1) is 16.9. The number of carbonyl (C=O) groups excluding carboxylic acids is 2. The molecule has 1 aromatic carbocycles. The largest absolute Gasteiger partial charge is 0.496 e. The maximum Gasteiger partial charge on any atom is 0.258 e. The second-order valence-electron chi connectivity index (χ2n) is 5.79. The van der Waals surface area contributed by atoms with Crippen molar-refractivity contribution in [2.75, 3.05) is 20.7 Å². The first-order valence-electron chi connectivity index (χ1n) is 8.09. The number of ether oxygens (including phenoxy) is 1. The molecule has 1 aliphatic rings. The minimum absolute atomic E-state index is 0.260. The Labute approximate surface area is 146 Å². The number of carbonyl (C=O) groups is 2. The third-order valence-electron chi connectivity index (χ3n) is 4.55. The summed E-state index contributed by atoms with van der Waals surface area (Å²) in [5.41, 5.74) is -0.278. The van der Waals surface area contributed by atoms with E-state index in [-0.39, 0.29) is 11.8 Å². The minimum Gasteiger partial charge on any atom is -0.496 e. The fraction of sp³-hybridized carbons (Fsp3) is 0.333. The Balaban J connectivity index is 2.10. The summed E-state index contributed by atoms with van der Waals surface area (Å²) in [4.78, 5) is 36.1. The molecule has 1 fully saturated rings. The summed E-state index contributed by atoms with van der Waals surface area (Å²) in [5, 5.41) is 2.68. The molecule has 1 N–H and O–H groups in total. The van der Waals surface area contributed by atoms with Crippen LogP contribution in [0.15, 0.2) is 42.9 Å². The number of aromatic nitrogens is 2. The Kier molecular flexibility index (Phi) is 4.65. The van der Waals surface area contributed by atoms with E-state index in [0.29, 0.717) is 36.4 Å². The van der Waals surface area contributed by atoms with Crippen molar-refractivity contribution in [1.29, 1.82) is 0 Å². The predicted molar refractivity (Wildman–Crippen MR) is 91.0 cm³/mol. The molecule has 0 saturated carbocycles. The van der Waals surface area contributed by atoms with Gasteiger partial charge in [0.25, 0.3) is 11.8 Å². The lowest BCUT2D eigenvalue weighted by Gasteiger charge is -2.36. The minimum atomic E-state index is -1.17. The third kappa shape index (κ3) is 2.71. The van der Waals surface area contributed by atoms with Crippen LogP contribution in [-0.4, -0.2) is 47.4 Å². The summed E-state index contributed by atoms with van der Waals surface area (Å²) in [7, 11) is 3.08. The molecule has 1 atom stereocenters. The maximum absolute atomic E-state index is 13.3. The van der Waals surface area contributed by atoms with E-state index in [1.807, 2.05) is 0 Å². The highest BCUT2D eigenvalue weighted by Gasteiger charge is 2.52. The summed E-state index contributed by atoms with van der Waals surface area (Å²) in [6.45, 7) is 0.459. The molecule has 1 saturated heterocycles. The molecule has 0 spiro atoms. The number of hydrogen-bond donors (Lipinski definition) is 1. The van der Waals surface area contributed by atoms with Gasteiger partial charge in [0.15, 0.2) is 5.54 Å². The Morgan fingerprint density at radius 1 is 1.28 bits per heavy atom. The topological polar surface area (TPSA) is 84.4 Å². The number of para-hydroxylation sites is 1. The van der Waals surface area contributed by atoms with Gasteiger partial charge in [0.2, 0.25) is 0 Å². The van der Waals surface area contributed by atoms with E-state index in [1.54, 1.807) is 48.6 Å². The zero-order valence-corrected chi connectivity index (χ0v) is 14.2. The summed E-state index contributed by atoms with van der Waals surface area (Å²) in [6.07, 6.45) is 5.81. The lowest BCUT2D eigenvalue weighted by atomic mass is 9.90. The van der Waals surface area contributed by atoms with Crippen LogP contribution in [-0.2, 0) is 10.3 Å². The lowest BCUT2D eigenvalue weighted by Crippen LogP contribution is -2.55. The van der Waals surface area contributed by atoms with E-state index in [4.69, 9.17) is 4.74 Å². The van der Waals surface area contributed by atoms with Crippen molar-refractivity contribution in [3.05, 3.63) is 54.1 Å². The number of methoxy groups -OCH3 is 1. The lowest BCUT2D eigenvalue weighted by molar-refractivity contribution is -0.131. The van der Waals surface area contributed by atoms with E-state index >= 15 is 0 Å². The van der Waals surface area contributed by atoms with Crippen molar-refractivity contribution in [3.8, 4) is 5.75 Å². The van der Waals surface area contributed by atoms with Crippen LogP contribution in [0, 0.1) is 0 Å². The van der Waals surface area contributed by atoms with E-state index in [2.05, 4.69) is 15.3 Å². The zero-order valence-electron chi connectivity index (χ0n) is 14.2. The molecule has 7 heteroatoms. The monoisotopic (exact) mass is 340 g/mol. The molecule has 130 valence electrons. The third-order valence-corrected chi connectivity index (χ3v) is 4.55. The van der Waals surface area contributed by atoms with Crippen molar-refractivity contribution >= 4 is 11.8 Å². The standard InChI is InChI=1S/C18H20N4O3/c1-19-17(24)18(15-12-20-9-10-21-15)8-5-11-22(18)16(23)13-6-3-4-7-14(13)25-2/h3-4,6-7,9-10,12H,5,8,11H2,1-2H3,(H,19,24). The van der Waals surface area contributed by atoms with Gasteiger partial charge in [-0.3, -0.25) is 19.6 Å². The molecule has 0 aliphatic carbocycles. The second-order valence-corrected chi connectivity index (χ2v) is 5.79. The SMILES string of the molecule is CNC(=O)C1(c2cnccn2)CCCN1C(=O)c1ccccc1OC. The normalized spacial score (nSPS) is 19.5. The highest BCUT2D eigenvalue weighted by molar-refractivity contribution is 6.01. The number of likely N-dealkylation sites (tertiary alicyclic amines) is 1. The number of rotatable bonds is 4. The van der Waals surface area contributed by atoms with Crippen LogP contribution in [0.3, 0.4) is 0 Å². The van der Waals surface area contributed by atoms with Crippen LogP contribution >= 0.6 is 0 Å². The van der Waals surface area contributed by atoms with Crippen LogP contribution in [0.25, 0.3) is 0 Å². The molecule has 1 unspecified atom stereocenters. The second kappa shape index (κ2) is 6.88. The van der Waals surface area contributed by atoms with Crippen LogP contribution in [0.5, 0.6) is 5.75 Å². The molecule has 0 radical (unpaired) electrons. The Bertz CT molecular complexity index is 781. The predicted octanol–water partition coefficient (Wildman–Crippen LogP) is 1.36. The van der Waals surface area contributed by atoms with Gasteiger partial charge in [0.1, 0.15) is 5.75 Å². The molecular weight excluding hydrogens is 320 g/mol. The Hall–Kier alpha value is -2.96. The van der Waals surface area contributed by atoms with Crippen molar-refractivity contribution in [1.82, 2.24) is 20.2 Å². The van der Waals surface area contributed by atoms with E-state index in [9.17, 15) is 9.59 Å². The average Bonchev–Trinajstić information content (AvgIpc) is 3.13. The van der Waals surface area contributed by atoms with Gasteiger partial charge in [-0.2, -0.15) is 0 Å².